The molecule has 16 aromatic carbocycles. The van der Waals surface area contributed by atoms with Crippen LogP contribution in [0.1, 0.15) is 150 Å². The number of hydrogen-bond acceptors (Lipinski definition) is 2. The number of rotatable bonds is 18. The quantitative estimate of drug-likeness (QED) is 0.0480. The van der Waals surface area contributed by atoms with Gasteiger partial charge in [0.15, 0.2) is 16.1 Å². The lowest BCUT2D eigenvalue weighted by Crippen LogP contribution is -2.74. The Labute approximate surface area is 719 Å². The fourth-order valence-corrected chi connectivity index (χ4v) is 29.8. The van der Waals surface area contributed by atoms with Crippen molar-refractivity contribution < 1.29 is 0 Å². The van der Waals surface area contributed by atoms with Gasteiger partial charge in [-0.25, -0.2) is 0 Å². The first-order valence-electron chi connectivity index (χ1n) is 43.1. The van der Waals surface area contributed by atoms with E-state index in [1.165, 1.54) is 142 Å². The summed E-state index contributed by atoms with van der Waals surface area (Å²) in [6.45, 7) is 28.2. The summed E-state index contributed by atoms with van der Waals surface area (Å²) in [5, 5.41) is 10.9. The second-order valence-electron chi connectivity index (χ2n) is 37.3. The van der Waals surface area contributed by atoms with E-state index in [1.807, 2.05) is 0 Å². The van der Waals surface area contributed by atoms with Crippen LogP contribution in [-0.2, 0) is 27.1 Å². The van der Waals surface area contributed by atoms with E-state index >= 15 is 0 Å². The summed E-state index contributed by atoms with van der Waals surface area (Å²) in [6.07, 6.45) is 9.26. The van der Waals surface area contributed by atoms with E-state index in [0.717, 1.165) is 34.1 Å². The SMILES string of the molecule is CC(C)(C)c1ccc(N(c2ccc([Si](c3ccccc3)(c3ccccc3)c3ccccc3)cc2)c2ccc3c(c2)C(C)(C)c2cc(C=Cc4ccc5c(c4)C(C)(C)c4cc(C=Cc6ccc7c(c6)C(C)(C)c6cc(N(c8ccc(C(C)(C)C)cc8)c8ccc([Si](c9ccccc9)(c9ccccc9)c9ccccc9)cc8)ccc6-7)ccc4-5)ccc2-3)cc1. The van der Waals surface area contributed by atoms with E-state index in [-0.39, 0.29) is 27.1 Å². The molecule has 0 saturated carbocycles. The topological polar surface area (TPSA) is 6.48 Å². The molecular formula is C117H104N2Si2. The first-order chi connectivity index (χ1) is 58.5. The lowest BCUT2D eigenvalue weighted by atomic mass is 9.81. The van der Waals surface area contributed by atoms with Gasteiger partial charge in [0.1, 0.15) is 0 Å². The molecule has 0 unspecified atom stereocenters. The highest BCUT2D eigenvalue weighted by Crippen LogP contribution is 2.55. The molecule has 0 radical (unpaired) electrons. The van der Waals surface area contributed by atoms with E-state index in [0.29, 0.717) is 0 Å². The van der Waals surface area contributed by atoms with E-state index in [9.17, 15) is 0 Å². The number of fused-ring (bicyclic) bond motifs is 9. The van der Waals surface area contributed by atoms with Crippen molar-refractivity contribution in [3.8, 4) is 33.4 Å². The van der Waals surface area contributed by atoms with Gasteiger partial charge >= 0.3 is 0 Å². The average Bonchev–Trinajstić information content (AvgIpc) is 1.39. The van der Waals surface area contributed by atoms with Gasteiger partial charge in [-0.2, -0.15) is 0 Å². The molecule has 0 bridgehead atoms. The van der Waals surface area contributed by atoms with Gasteiger partial charge in [0.25, 0.3) is 0 Å². The number of benzene rings is 16. The lowest BCUT2D eigenvalue weighted by Gasteiger charge is -2.35. The Morgan fingerprint density at radius 3 is 0.595 bits per heavy atom. The summed E-state index contributed by atoms with van der Waals surface area (Å²) < 4.78 is 0. The van der Waals surface area contributed by atoms with E-state index in [1.54, 1.807) is 0 Å². The minimum Gasteiger partial charge on any atom is -0.310 e. The zero-order valence-corrected chi connectivity index (χ0v) is 73.7. The molecule has 0 fully saturated rings. The van der Waals surface area contributed by atoms with Gasteiger partial charge in [-0.15, -0.1) is 0 Å². The highest BCUT2D eigenvalue weighted by atomic mass is 28.3. The largest absolute Gasteiger partial charge is 0.310 e. The molecule has 590 valence electrons. The summed E-state index contributed by atoms with van der Waals surface area (Å²) in [5.41, 5.74) is 29.4. The van der Waals surface area contributed by atoms with E-state index in [2.05, 4.69) is 505 Å². The minimum atomic E-state index is -2.75. The van der Waals surface area contributed by atoms with Crippen molar-refractivity contribution in [1.82, 2.24) is 0 Å². The number of hydrogen-bond donors (Lipinski definition) is 0. The maximum atomic E-state index is 2.47. The van der Waals surface area contributed by atoms with E-state index < -0.39 is 16.1 Å². The molecule has 3 aliphatic rings. The van der Waals surface area contributed by atoms with Crippen LogP contribution in [0.15, 0.2) is 388 Å². The third kappa shape index (κ3) is 13.6. The zero-order valence-electron chi connectivity index (χ0n) is 71.7. The Morgan fingerprint density at radius 2 is 0.380 bits per heavy atom. The van der Waals surface area contributed by atoms with Gasteiger partial charge < -0.3 is 9.80 Å². The zero-order chi connectivity index (χ0) is 83.2. The van der Waals surface area contributed by atoms with Gasteiger partial charge in [-0.3, -0.25) is 0 Å². The highest BCUT2D eigenvalue weighted by molar-refractivity contribution is 7.20. The molecule has 0 aliphatic heterocycles. The van der Waals surface area contributed by atoms with Crippen molar-refractivity contribution in [2.45, 2.75) is 110 Å². The minimum absolute atomic E-state index is 0.0199. The molecule has 0 spiro atoms. The molecular weight excluding hydrogens is 1490 g/mol. The van der Waals surface area contributed by atoms with Crippen molar-refractivity contribution in [2.24, 2.45) is 0 Å². The van der Waals surface area contributed by atoms with Crippen molar-refractivity contribution in [3.63, 3.8) is 0 Å². The molecule has 0 heterocycles. The Kier molecular flexibility index (Phi) is 19.6. The number of anilines is 6. The first-order valence-corrected chi connectivity index (χ1v) is 47.1. The van der Waals surface area contributed by atoms with Gasteiger partial charge in [-0.1, -0.05) is 423 Å². The van der Waals surface area contributed by atoms with Crippen LogP contribution >= 0.6 is 0 Å². The van der Waals surface area contributed by atoms with E-state index in [4.69, 9.17) is 0 Å². The van der Waals surface area contributed by atoms with Crippen LogP contribution in [0.5, 0.6) is 0 Å². The first kappa shape index (κ1) is 77.9. The maximum absolute atomic E-state index is 2.75. The Hall–Kier alpha value is -13.0. The third-order valence-electron chi connectivity index (χ3n) is 26.9. The average molecular weight is 1590 g/mol. The van der Waals surface area contributed by atoms with Crippen LogP contribution in [0.4, 0.5) is 34.1 Å². The Balaban J connectivity index is 0.574. The van der Waals surface area contributed by atoms with Crippen LogP contribution in [0.25, 0.3) is 57.7 Å². The van der Waals surface area contributed by atoms with Crippen LogP contribution in [0.2, 0.25) is 0 Å². The third-order valence-corrected chi connectivity index (χ3v) is 36.5. The standard InChI is InChI=1S/C117H104N2Si2/c1-113(2,3)85-51-55-87(56-52-85)118(89-59-65-99(66-60-89)120(93-31-19-13-20-32-93,94-33-21-14-22-34-94)95-35-23-15-24-36-95)91-63-73-105-103-71-49-83(77-109(103)116(9,10)111(105)79-91)45-43-81-47-69-101-102-70-48-82(76-108(102)115(7,8)107(101)75-81)44-46-84-50-72-104-106-74-64-92(80-112(106)117(11,12)110(104)78-84)119(88-57-53-86(54-58-88)114(4,5)6)90-61-67-100(68-62-90)121(96-37-25-16-26-38-96,97-39-27-17-28-40-97)98-41-29-18-30-42-98/h13-80H,1-12H3. The van der Waals surface area contributed by atoms with Gasteiger partial charge in [-0.05, 0) is 225 Å². The fraction of sp³-hybridized carbons (Fsp3) is 0.145. The fourth-order valence-electron chi connectivity index (χ4n) is 20.3. The molecule has 0 atom stereocenters. The summed E-state index contributed by atoms with van der Waals surface area (Å²) in [4.78, 5) is 4.93. The predicted octanol–water partition coefficient (Wildman–Crippen LogP) is 25.2. The maximum Gasteiger partial charge on any atom is 0.179 e. The summed E-state index contributed by atoms with van der Waals surface area (Å²) in [6, 6.07) is 148. The summed E-state index contributed by atoms with van der Waals surface area (Å²) >= 11 is 0. The van der Waals surface area contributed by atoms with Gasteiger partial charge in [0.2, 0.25) is 0 Å². The van der Waals surface area contributed by atoms with Crippen LogP contribution in [0, 0.1) is 0 Å². The molecule has 0 N–H and O–H groups in total. The highest BCUT2D eigenvalue weighted by Gasteiger charge is 2.45. The van der Waals surface area contributed by atoms with Crippen molar-refractivity contribution in [1.29, 1.82) is 0 Å². The summed E-state index contributed by atoms with van der Waals surface area (Å²) in [7, 11) is -5.49. The van der Waals surface area contributed by atoms with Crippen molar-refractivity contribution in [2.75, 3.05) is 9.80 Å². The molecule has 2 nitrogen and oxygen atoms in total. The summed E-state index contributed by atoms with van der Waals surface area (Å²) in [5.74, 6) is 0. The lowest BCUT2D eigenvalue weighted by molar-refractivity contribution is 0.590. The molecule has 19 rings (SSSR count). The molecule has 0 amide bonds. The second kappa shape index (κ2) is 30.4. The molecule has 3 aliphatic carbocycles. The molecule has 0 saturated heterocycles. The van der Waals surface area contributed by atoms with Crippen LogP contribution in [-0.4, -0.2) is 16.1 Å². The Morgan fingerprint density at radius 1 is 0.198 bits per heavy atom. The van der Waals surface area contributed by atoms with Gasteiger partial charge in [0, 0.05) is 50.4 Å². The van der Waals surface area contributed by atoms with Gasteiger partial charge in [0.05, 0.1) is 0 Å². The monoisotopic (exact) mass is 1590 g/mol. The normalized spacial score (nSPS) is 14.1. The molecule has 121 heavy (non-hydrogen) atoms. The smallest absolute Gasteiger partial charge is 0.179 e. The van der Waals surface area contributed by atoms with Crippen molar-refractivity contribution >= 4 is 116 Å². The number of nitrogens with zero attached hydrogens (tertiary/aromatic N) is 2. The Bertz CT molecular complexity index is 6010. The van der Waals surface area contributed by atoms with Crippen LogP contribution < -0.4 is 51.3 Å². The second-order valence-corrected chi connectivity index (χ2v) is 44.9. The van der Waals surface area contributed by atoms with Crippen molar-refractivity contribution in [3.05, 3.63) is 455 Å². The molecule has 0 aromatic heterocycles. The predicted molar refractivity (Wildman–Crippen MR) is 524 cm³/mol. The molecule has 4 heteroatoms. The van der Waals surface area contributed by atoms with Crippen LogP contribution in [0.3, 0.4) is 0 Å². The molecule has 16 aromatic rings.